The van der Waals surface area contributed by atoms with Crippen LogP contribution in [0.5, 0.6) is 0 Å². The van der Waals surface area contributed by atoms with Crippen LogP contribution in [0.3, 0.4) is 0 Å². The number of carbonyl (C=O) groups excluding carboxylic acids is 1. The van der Waals surface area contributed by atoms with E-state index in [1.54, 1.807) is 20.8 Å². The zero-order chi connectivity index (χ0) is 9.78. The largest absolute Gasteiger partial charge is 0.479 e. The number of carboxylic acids is 1. The van der Waals surface area contributed by atoms with E-state index in [0.29, 0.717) is 6.29 Å². The minimum atomic E-state index is -1.10. The summed E-state index contributed by atoms with van der Waals surface area (Å²) in [4.78, 5) is 20.5. The Morgan fingerprint density at radius 1 is 1.58 bits per heavy atom. The number of hydrogen-bond acceptors (Lipinski definition) is 3. The summed E-state index contributed by atoms with van der Waals surface area (Å²) < 4.78 is 5.11. The third-order valence-corrected chi connectivity index (χ3v) is 1.08. The lowest BCUT2D eigenvalue weighted by Gasteiger charge is -2.23. The summed E-state index contributed by atoms with van der Waals surface area (Å²) in [6, 6.07) is 0. The average Bonchev–Trinajstić information content (AvgIpc) is 1.83. The molecule has 1 atom stereocenters. The molecule has 70 valence electrons. The molecule has 0 rings (SSSR count). The number of hydrogen-bond donors (Lipinski definition) is 1. The number of carbonyl (C=O) groups is 2. The molecule has 0 radical (unpaired) electrons. The predicted octanol–water partition coefficient (Wildman–Crippen LogP) is 0.844. The van der Waals surface area contributed by atoms with Gasteiger partial charge in [-0.25, -0.2) is 4.79 Å². The Hall–Kier alpha value is -0.900. The maximum absolute atomic E-state index is 10.5. The third kappa shape index (κ3) is 4.85. The average molecular weight is 174 g/mol. The highest BCUT2D eigenvalue weighted by Gasteiger charge is 2.24. The maximum Gasteiger partial charge on any atom is 0.333 e. The SMILES string of the molecule is CC(C)(C)OC(CC=O)C(=O)O. The van der Waals surface area contributed by atoms with Crippen molar-refractivity contribution >= 4 is 12.3 Å². The van der Waals surface area contributed by atoms with Crippen molar-refractivity contribution in [1.29, 1.82) is 0 Å². The molecule has 4 heteroatoms. The minimum Gasteiger partial charge on any atom is -0.479 e. The first-order valence-corrected chi connectivity index (χ1v) is 3.71. The molecule has 0 fully saturated rings. The Balaban J connectivity index is 4.13. The number of ether oxygens (including phenoxy) is 1. The van der Waals surface area contributed by atoms with Crippen molar-refractivity contribution in [3.8, 4) is 0 Å². The summed E-state index contributed by atoms with van der Waals surface area (Å²) in [5, 5.41) is 8.58. The monoisotopic (exact) mass is 174 g/mol. The lowest BCUT2D eigenvalue weighted by Crippen LogP contribution is -2.33. The van der Waals surface area contributed by atoms with Gasteiger partial charge in [-0.1, -0.05) is 0 Å². The van der Waals surface area contributed by atoms with Crippen molar-refractivity contribution < 1.29 is 19.4 Å². The van der Waals surface area contributed by atoms with Gasteiger partial charge in [0.25, 0.3) is 0 Å². The van der Waals surface area contributed by atoms with Crippen LogP contribution >= 0.6 is 0 Å². The summed E-state index contributed by atoms with van der Waals surface area (Å²) in [6.45, 7) is 5.23. The van der Waals surface area contributed by atoms with Gasteiger partial charge in [0.05, 0.1) is 5.60 Å². The highest BCUT2D eigenvalue weighted by atomic mass is 16.5. The van der Waals surface area contributed by atoms with E-state index in [-0.39, 0.29) is 6.42 Å². The second kappa shape index (κ2) is 4.21. The Labute approximate surface area is 71.5 Å². The van der Waals surface area contributed by atoms with E-state index in [0.717, 1.165) is 0 Å². The molecule has 0 aromatic rings. The zero-order valence-corrected chi connectivity index (χ0v) is 7.53. The first-order chi connectivity index (χ1) is 5.37. The summed E-state index contributed by atoms with van der Waals surface area (Å²) in [7, 11) is 0. The van der Waals surface area contributed by atoms with E-state index in [1.807, 2.05) is 0 Å². The van der Waals surface area contributed by atoms with Crippen LogP contribution in [0.25, 0.3) is 0 Å². The molecule has 0 amide bonds. The number of carboxylic acid groups (broad SMARTS) is 1. The molecule has 0 aromatic carbocycles. The van der Waals surface area contributed by atoms with Gasteiger partial charge in [-0.3, -0.25) is 0 Å². The zero-order valence-electron chi connectivity index (χ0n) is 7.53. The molecule has 1 unspecified atom stereocenters. The van der Waals surface area contributed by atoms with Gasteiger partial charge in [0.1, 0.15) is 6.29 Å². The number of aliphatic carboxylic acids is 1. The predicted molar refractivity (Wildman–Crippen MR) is 42.9 cm³/mol. The van der Waals surface area contributed by atoms with Gasteiger partial charge in [0, 0.05) is 6.42 Å². The molecule has 0 aliphatic carbocycles. The van der Waals surface area contributed by atoms with Crippen molar-refractivity contribution in [3.63, 3.8) is 0 Å². The fraction of sp³-hybridized carbons (Fsp3) is 0.750. The van der Waals surface area contributed by atoms with Crippen molar-refractivity contribution in [1.82, 2.24) is 0 Å². The molecule has 12 heavy (non-hydrogen) atoms. The molecular formula is C8H14O4. The third-order valence-electron chi connectivity index (χ3n) is 1.08. The minimum absolute atomic E-state index is 0.105. The summed E-state index contributed by atoms with van der Waals surface area (Å²) in [5.41, 5.74) is -0.536. The highest BCUT2D eigenvalue weighted by Crippen LogP contribution is 2.12. The van der Waals surface area contributed by atoms with Gasteiger partial charge in [0.15, 0.2) is 6.10 Å². The molecule has 4 nitrogen and oxygen atoms in total. The maximum atomic E-state index is 10.5. The molecular weight excluding hydrogens is 160 g/mol. The van der Waals surface area contributed by atoms with Crippen LogP contribution in [0.1, 0.15) is 27.2 Å². The summed E-state index contributed by atoms with van der Waals surface area (Å²) in [5.74, 6) is -1.10. The summed E-state index contributed by atoms with van der Waals surface area (Å²) >= 11 is 0. The smallest absolute Gasteiger partial charge is 0.333 e. The van der Waals surface area contributed by atoms with Crippen LogP contribution < -0.4 is 0 Å². The van der Waals surface area contributed by atoms with Gasteiger partial charge in [-0.2, -0.15) is 0 Å². The molecule has 0 aliphatic heterocycles. The Bertz CT molecular complexity index is 168. The van der Waals surface area contributed by atoms with E-state index in [4.69, 9.17) is 9.84 Å². The van der Waals surface area contributed by atoms with Crippen LogP contribution in [0.15, 0.2) is 0 Å². The highest BCUT2D eigenvalue weighted by molar-refractivity contribution is 5.75. The van der Waals surface area contributed by atoms with Gasteiger partial charge in [-0.15, -0.1) is 0 Å². The molecule has 0 aliphatic rings. The van der Waals surface area contributed by atoms with Crippen LogP contribution in [-0.4, -0.2) is 29.1 Å². The van der Waals surface area contributed by atoms with E-state index in [1.165, 1.54) is 0 Å². The molecule has 0 saturated carbocycles. The molecule has 0 saturated heterocycles. The van der Waals surface area contributed by atoms with E-state index in [2.05, 4.69) is 0 Å². The van der Waals surface area contributed by atoms with Crippen LogP contribution in [0, 0.1) is 0 Å². The molecule has 0 heterocycles. The van der Waals surface area contributed by atoms with Crippen molar-refractivity contribution in [2.24, 2.45) is 0 Å². The Morgan fingerprint density at radius 3 is 2.33 bits per heavy atom. The molecule has 0 bridgehead atoms. The van der Waals surface area contributed by atoms with Gasteiger partial charge >= 0.3 is 5.97 Å². The second-order valence-electron chi connectivity index (χ2n) is 3.46. The first-order valence-electron chi connectivity index (χ1n) is 3.71. The Morgan fingerprint density at radius 2 is 2.08 bits per heavy atom. The first kappa shape index (κ1) is 11.1. The van der Waals surface area contributed by atoms with Crippen LogP contribution in [-0.2, 0) is 14.3 Å². The Kier molecular flexibility index (Phi) is 3.89. The van der Waals surface area contributed by atoms with E-state index < -0.39 is 17.7 Å². The van der Waals surface area contributed by atoms with Gasteiger partial charge < -0.3 is 14.6 Å². The normalized spacial score (nSPS) is 13.9. The lowest BCUT2D eigenvalue weighted by molar-refractivity contribution is -0.161. The molecule has 1 N–H and O–H groups in total. The summed E-state index contributed by atoms with van der Waals surface area (Å²) in [6.07, 6.45) is -0.584. The van der Waals surface area contributed by atoms with Gasteiger partial charge in [-0.05, 0) is 20.8 Å². The van der Waals surface area contributed by atoms with Crippen LogP contribution in [0.4, 0.5) is 0 Å². The van der Waals surface area contributed by atoms with Gasteiger partial charge in [0.2, 0.25) is 0 Å². The standard InChI is InChI=1S/C8H14O4/c1-8(2,3)12-6(4-5-9)7(10)11/h5-6H,4H2,1-3H3,(H,10,11). The van der Waals surface area contributed by atoms with E-state index in [9.17, 15) is 9.59 Å². The number of aldehydes is 1. The quantitative estimate of drug-likeness (QED) is 0.641. The fourth-order valence-electron chi connectivity index (χ4n) is 0.714. The molecule has 0 aromatic heterocycles. The van der Waals surface area contributed by atoms with Crippen LogP contribution in [0.2, 0.25) is 0 Å². The lowest BCUT2D eigenvalue weighted by atomic mass is 10.1. The van der Waals surface area contributed by atoms with Crippen molar-refractivity contribution in [2.75, 3.05) is 0 Å². The fourth-order valence-corrected chi connectivity index (χ4v) is 0.714. The van der Waals surface area contributed by atoms with E-state index >= 15 is 0 Å². The van der Waals surface area contributed by atoms with Crippen molar-refractivity contribution in [2.45, 2.75) is 38.9 Å². The van der Waals surface area contributed by atoms with Crippen molar-refractivity contribution in [3.05, 3.63) is 0 Å². The molecule has 0 spiro atoms. The number of rotatable bonds is 4. The second-order valence-corrected chi connectivity index (χ2v) is 3.46. The topological polar surface area (TPSA) is 63.6 Å².